The van der Waals surface area contributed by atoms with Crippen LogP contribution >= 0.6 is 0 Å². The predicted octanol–water partition coefficient (Wildman–Crippen LogP) is 13.5. The van der Waals surface area contributed by atoms with Gasteiger partial charge < -0.3 is 9.13 Å². The van der Waals surface area contributed by atoms with Crippen molar-refractivity contribution in [2.45, 2.75) is 19.3 Å². The summed E-state index contributed by atoms with van der Waals surface area (Å²) in [7, 11) is 0. The molecule has 0 fully saturated rings. The minimum atomic E-state index is -0.0233. The minimum absolute atomic E-state index is 0.0233. The Morgan fingerprint density at radius 2 is 0.774 bits per heavy atom. The van der Waals surface area contributed by atoms with Crippen molar-refractivity contribution < 1.29 is 0 Å². The van der Waals surface area contributed by atoms with Gasteiger partial charge in [-0.3, -0.25) is 0 Å². The Labute approximate surface area is 308 Å². The van der Waals surface area contributed by atoms with Crippen LogP contribution in [-0.4, -0.2) is 9.13 Å². The van der Waals surface area contributed by atoms with Gasteiger partial charge in [0.2, 0.25) is 0 Å². The maximum absolute atomic E-state index is 2.47. The second-order valence-electron chi connectivity index (χ2n) is 15.0. The predicted molar refractivity (Wildman–Crippen MR) is 224 cm³/mol. The Morgan fingerprint density at radius 3 is 1.40 bits per heavy atom. The molecule has 0 unspecified atom stereocenters. The first kappa shape index (κ1) is 30.0. The number of rotatable bonds is 4. The molecule has 53 heavy (non-hydrogen) atoms. The Balaban J connectivity index is 1.08. The quantitative estimate of drug-likeness (QED) is 0.176. The fourth-order valence-corrected chi connectivity index (χ4v) is 9.12. The van der Waals surface area contributed by atoms with Gasteiger partial charge >= 0.3 is 0 Å². The summed E-state index contributed by atoms with van der Waals surface area (Å²) in [6, 6.07) is 67.1. The van der Waals surface area contributed by atoms with E-state index in [1.165, 1.54) is 93.8 Å². The second kappa shape index (κ2) is 11.2. The molecule has 0 aliphatic heterocycles. The van der Waals surface area contributed by atoms with E-state index in [0.29, 0.717) is 0 Å². The van der Waals surface area contributed by atoms with Crippen molar-refractivity contribution in [3.63, 3.8) is 0 Å². The van der Waals surface area contributed by atoms with Gasteiger partial charge in [0.1, 0.15) is 0 Å². The highest BCUT2D eigenvalue weighted by Crippen LogP contribution is 2.49. The van der Waals surface area contributed by atoms with Crippen molar-refractivity contribution in [1.29, 1.82) is 0 Å². The smallest absolute Gasteiger partial charge is 0.0548 e. The number of hydrogen-bond donors (Lipinski definition) is 0. The first-order valence-corrected chi connectivity index (χ1v) is 18.5. The van der Waals surface area contributed by atoms with Gasteiger partial charge in [-0.05, 0) is 93.0 Å². The molecule has 1 aliphatic rings. The van der Waals surface area contributed by atoms with Crippen LogP contribution in [0.2, 0.25) is 0 Å². The van der Waals surface area contributed by atoms with E-state index >= 15 is 0 Å². The van der Waals surface area contributed by atoms with Gasteiger partial charge in [-0.1, -0.05) is 147 Å². The van der Waals surface area contributed by atoms with Crippen LogP contribution in [0, 0.1) is 0 Å². The maximum atomic E-state index is 2.47. The van der Waals surface area contributed by atoms with Crippen molar-refractivity contribution >= 4 is 43.6 Å². The zero-order valence-corrected chi connectivity index (χ0v) is 29.7. The van der Waals surface area contributed by atoms with Crippen molar-refractivity contribution in [3.8, 4) is 44.8 Å². The molecule has 8 aromatic carbocycles. The molecule has 0 atom stereocenters. The first-order valence-electron chi connectivity index (χ1n) is 18.5. The van der Waals surface area contributed by atoms with Gasteiger partial charge in [-0.15, -0.1) is 0 Å². The molecule has 0 N–H and O–H groups in total. The van der Waals surface area contributed by atoms with Crippen LogP contribution in [0.25, 0.3) is 88.4 Å². The van der Waals surface area contributed by atoms with E-state index in [4.69, 9.17) is 0 Å². The SMILES string of the molecule is CC1(C)c2ccccc2-c2cc(-n3c4ccccc4c4cc5c(cc43)c3ccccc3n5-c3ccc(-c4ccc(-c5ccccc5)cc4)cc3)ccc21. The molecule has 250 valence electrons. The van der Waals surface area contributed by atoms with Gasteiger partial charge in [-0.2, -0.15) is 0 Å². The summed E-state index contributed by atoms with van der Waals surface area (Å²) >= 11 is 0. The fourth-order valence-electron chi connectivity index (χ4n) is 9.12. The van der Waals surface area contributed by atoms with Crippen LogP contribution in [-0.2, 0) is 5.41 Å². The summed E-state index contributed by atoms with van der Waals surface area (Å²) in [5.41, 5.74) is 17.6. The van der Waals surface area contributed by atoms with Crippen LogP contribution in [0.1, 0.15) is 25.0 Å². The molecule has 10 aromatic rings. The van der Waals surface area contributed by atoms with E-state index in [2.05, 4.69) is 205 Å². The van der Waals surface area contributed by atoms with Crippen molar-refractivity contribution in [3.05, 3.63) is 193 Å². The van der Waals surface area contributed by atoms with Gasteiger partial charge in [0, 0.05) is 38.3 Å². The van der Waals surface area contributed by atoms with Gasteiger partial charge in [0.15, 0.2) is 0 Å². The van der Waals surface area contributed by atoms with E-state index in [0.717, 1.165) is 5.69 Å². The molecule has 0 saturated heterocycles. The molecule has 0 spiro atoms. The lowest BCUT2D eigenvalue weighted by Crippen LogP contribution is -2.14. The third kappa shape index (κ3) is 4.39. The highest BCUT2D eigenvalue weighted by Gasteiger charge is 2.35. The van der Waals surface area contributed by atoms with Crippen molar-refractivity contribution in [2.75, 3.05) is 0 Å². The van der Waals surface area contributed by atoms with Crippen LogP contribution in [0.3, 0.4) is 0 Å². The molecule has 2 heterocycles. The van der Waals surface area contributed by atoms with E-state index in [-0.39, 0.29) is 5.41 Å². The van der Waals surface area contributed by atoms with Gasteiger partial charge in [-0.25, -0.2) is 0 Å². The molecule has 2 nitrogen and oxygen atoms in total. The summed E-state index contributed by atoms with van der Waals surface area (Å²) < 4.78 is 4.91. The molecule has 0 bridgehead atoms. The molecule has 11 rings (SSSR count). The Bertz CT molecular complexity index is 3050. The number of hydrogen-bond acceptors (Lipinski definition) is 0. The standard InChI is InChI=1S/C51H36N2/c1-51(2)45-17-9-6-14-39(45)42-30-38(28-29-46(42)51)53-48-19-11-8-16-41(48)44-31-49-43(32-50(44)53)40-15-7-10-18-47(40)52(49)37-26-24-36(25-27-37)35-22-20-34(21-23-35)33-12-4-3-5-13-33/h3-32H,1-2H3. The number of nitrogens with zero attached hydrogens (tertiary/aromatic N) is 2. The normalized spacial score (nSPS) is 13.2. The third-order valence-electron chi connectivity index (χ3n) is 11.7. The fraction of sp³-hybridized carbons (Fsp3) is 0.0588. The number of para-hydroxylation sites is 2. The lowest BCUT2D eigenvalue weighted by Gasteiger charge is -2.21. The van der Waals surface area contributed by atoms with Gasteiger partial charge in [0.05, 0.1) is 22.1 Å². The van der Waals surface area contributed by atoms with E-state index in [1.807, 2.05) is 0 Å². The lowest BCUT2D eigenvalue weighted by atomic mass is 9.82. The maximum Gasteiger partial charge on any atom is 0.0548 e. The Kier molecular flexibility index (Phi) is 6.33. The van der Waals surface area contributed by atoms with Crippen LogP contribution in [0.5, 0.6) is 0 Å². The van der Waals surface area contributed by atoms with Crippen molar-refractivity contribution in [2.24, 2.45) is 0 Å². The number of fused-ring (bicyclic) bond motifs is 9. The van der Waals surface area contributed by atoms with Gasteiger partial charge in [0.25, 0.3) is 0 Å². The molecule has 0 saturated carbocycles. The first-order chi connectivity index (χ1) is 26.0. The Hall–Kier alpha value is -6.64. The molecule has 2 heteroatoms. The average Bonchev–Trinajstić information content (AvgIpc) is 3.80. The summed E-state index contributed by atoms with van der Waals surface area (Å²) in [4.78, 5) is 0. The molecule has 2 aromatic heterocycles. The Morgan fingerprint density at radius 1 is 0.321 bits per heavy atom. The van der Waals surface area contributed by atoms with E-state index < -0.39 is 0 Å². The topological polar surface area (TPSA) is 9.86 Å². The summed E-state index contributed by atoms with van der Waals surface area (Å²) in [6.45, 7) is 4.70. The number of aromatic nitrogens is 2. The molecule has 0 radical (unpaired) electrons. The molecule has 1 aliphatic carbocycles. The minimum Gasteiger partial charge on any atom is -0.309 e. The largest absolute Gasteiger partial charge is 0.309 e. The summed E-state index contributed by atoms with van der Waals surface area (Å²) in [6.07, 6.45) is 0. The van der Waals surface area contributed by atoms with Crippen LogP contribution < -0.4 is 0 Å². The van der Waals surface area contributed by atoms with Crippen molar-refractivity contribution in [1.82, 2.24) is 9.13 Å². The highest BCUT2D eigenvalue weighted by molar-refractivity contribution is 6.19. The third-order valence-corrected chi connectivity index (χ3v) is 11.7. The molecular weight excluding hydrogens is 641 g/mol. The monoisotopic (exact) mass is 676 g/mol. The summed E-state index contributed by atoms with van der Waals surface area (Å²) in [5, 5.41) is 5.03. The second-order valence-corrected chi connectivity index (χ2v) is 15.0. The lowest BCUT2D eigenvalue weighted by molar-refractivity contribution is 0.660. The number of benzene rings is 8. The summed E-state index contributed by atoms with van der Waals surface area (Å²) in [5.74, 6) is 0. The highest BCUT2D eigenvalue weighted by atomic mass is 15.0. The average molecular weight is 677 g/mol. The molecule has 0 amide bonds. The molecular formula is C51H36N2. The van der Waals surface area contributed by atoms with E-state index in [9.17, 15) is 0 Å². The van der Waals surface area contributed by atoms with E-state index in [1.54, 1.807) is 0 Å². The van der Waals surface area contributed by atoms with Crippen LogP contribution in [0.15, 0.2) is 182 Å². The zero-order valence-electron chi connectivity index (χ0n) is 29.7. The van der Waals surface area contributed by atoms with Crippen LogP contribution in [0.4, 0.5) is 0 Å². The zero-order chi connectivity index (χ0) is 35.3.